The van der Waals surface area contributed by atoms with E-state index in [-0.39, 0.29) is 54.3 Å². The normalized spacial score (nSPS) is 11.3. The van der Waals surface area contributed by atoms with Crippen LogP contribution < -0.4 is 15.8 Å². The lowest BCUT2D eigenvalue weighted by atomic mass is 10.1. The van der Waals surface area contributed by atoms with E-state index < -0.39 is 5.82 Å². The number of nitrogens with one attached hydrogen (secondary N) is 1. The first-order valence-electron chi connectivity index (χ1n) is 7.88. The highest BCUT2D eigenvalue weighted by molar-refractivity contribution is 5.98. The van der Waals surface area contributed by atoms with Gasteiger partial charge in [0.25, 0.3) is 0 Å². The molecule has 1 aromatic carbocycles. The molecule has 1 unspecified atom stereocenters. The number of benzene rings is 1. The van der Waals surface area contributed by atoms with Gasteiger partial charge in [-0.15, -0.1) is 12.4 Å². The molecule has 0 radical (unpaired) electrons. The number of ether oxygens (including phenoxy) is 1. The van der Waals surface area contributed by atoms with Crippen molar-refractivity contribution in [2.45, 2.75) is 45.1 Å². The molecule has 0 heterocycles. The topological polar surface area (TPSA) is 81.4 Å². The number of amides is 1. The lowest BCUT2D eigenvalue weighted by Gasteiger charge is -2.16. The van der Waals surface area contributed by atoms with Gasteiger partial charge < -0.3 is 15.8 Å². The van der Waals surface area contributed by atoms with Crippen molar-refractivity contribution in [3.63, 3.8) is 0 Å². The minimum atomic E-state index is -0.592. The molecule has 1 aromatic rings. The largest absolute Gasteiger partial charge is 0.494 e. The molecule has 1 atom stereocenters. The zero-order valence-corrected chi connectivity index (χ0v) is 15.0. The smallest absolute Gasteiger partial charge is 0.220 e. The molecule has 0 fully saturated rings. The van der Waals surface area contributed by atoms with Crippen LogP contribution in [0.15, 0.2) is 18.2 Å². The van der Waals surface area contributed by atoms with E-state index in [0.29, 0.717) is 6.54 Å². The van der Waals surface area contributed by atoms with Crippen molar-refractivity contribution in [1.29, 1.82) is 0 Å². The van der Waals surface area contributed by atoms with Crippen LogP contribution in [0.3, 0.4) is 0 Å². The summed E-state index contributed by atoms with van der Waals surface area (Å²) in [5.74, 6) is -0.995. The second-order valence-electron chi connectivity index (χ2n) is 5.41. The summed E-state index contributed by atoms with van der Waals surface area (Å²) >= 11 is 0. The molecule has 0 aromatic heterocycles. The molecule has 0 bridgehead atoms. The van der Waals surface area contributed by atoms with Crippen LogP contribution in [0.5, 0.6) is 5.75 Å². The zero-order chi connectivity index (χ0) is 17.2. The summed E-state index contributed by atoms with van der Waals surface area (Å²) in [5, 5.41) is 2.83. The first-order chi connectivity index (χ1) is 11.0. The molecule has 0 spiro atoms. The standard InChI is InChI=1S/C17H25FN2O3.ClH/c1-3-4-5-13(11-19)20-17(22)9-7-15(21)12-6-8-16(23-2)14(18)10-12;/h6,8,10,13H,3-5,7,9,11,19H2,1-2H3,(H,20,22);1H. The van der Waals surface area contributed by atoms with Gasteiger partial charge in [0, 0.05) is 31.0 Å². The number of ketones is 1. The van der Waals surface area contributed by atoms with Crippen molar-refractivity contribution in [3.8, 4) is 5.75 Å². The number of hydrogen-bond acceptors (Lipinski definition) is 4. The molecule has 1 amide bonds. The SMILES string of the molecule is CCCCC(CN)NC(=O)CCC(=O)c1ccc(OC)c(F)c1.Cl. The molecule has 0 aliphatic rings. The van der Waals surface area contributed by atoms with Crippen molar-refractivity contribution in [3.05, 3.63) is 29.6 Å². The Morgan fingerprint density at radius 3 is 2.58 bits per heavy atom. The molecule has 7 heteroatoms. The average Bonchev–Trinajstić information content (AvgIpc) is 2.56. The molecule has 0 aliphatic heterocycles. The average molecular weight is 361 g/mol. The predicted molar refractivity (Wildman–Crippen MR) is 94.3 cm³/mol. The van der Waals surface area contributed by atoms with Gasteiger partial charge in [-0.25, -0.2) is 4.39 Å². The van der Waals surface area contributed by atoms with Gasteiger partial charge in [0.1, 0.15) is 0 Å². The number of unbranched alkanes of at least 4 members (excludes halogenated alkanes) is 1. The number of Topliss-reactive ketones (excluding diaryl/α,β-unsaturated/α-hetero) is 1. The lowest BCUT2D eigenvalue weighted by molar-refractivity contribution is -0.121. The molecule has 0 saturated carbocycles. The van der Waals surface area contributed by atoms with Gasteiger partial charge in [-0.05, 0) is 24.6 Å². The maximum Gasteiger partial charge on any atom is 0.220 e. The minimum absolute atomic E-state index is 0. The van der Waals surface area contributed by atoms with Crippen LogP contribution >= 0.6 is 12.4 Å². The number of rotatable bonds is 10. The third-order valence-electron chi connectivity index (χ3n) is 3.61. The van der Waals surface area contributed by atoms with Crippen molar-refractivity contribution in [1.82, 2.24) is 5.32 Å². The quantitative estimate of drug-likeness (QED) is 0.628. The second-order valence-corrected chi connectivity index (χ2v) is 5.41. The van der Waals surface area contributed by atoms with Gasteiger partial charge in [-0.3, -0.25) is 9.59 Å². The molecular weight excluding hydrogens is 335 g/mol. The van der Waals surface area contributed by atoms with Crippen LogP contribution in [0.1, 0.15) is 49.4 Å². The van der Waals surface area contributed by atoms with E-state index in [1.807, 2.05) is 0 Å². The monoisotopic (exact) mass is 360 g/mol. The summed E-state index contributed by atoms with van der Waals surface area (Å²) in [6.45, 7) is 2.45. The third kappa shape index (κ3) is 7.27. The number of carbonyl (C=O) groups excluding carboxylic acids is 2. The van der Waals surface area contributed by atoms with Gasteiger partial charge in [-0.1, -0.05) is 19.8 Å². The molecule has 3 N–H and O–H groups in total. The van der Waals surface area contributed by atoms with Gasteiger partial charge in [-0.2, -0.15) is 0 Å². The molecule has 5 nitrogen and oxygen atoms in total. The molecule has 0 aliphatic carbocycles. The maximum atomic E-state index is 13.6. The van der Waals surface area contributed by atoms with Crippen molar-refractivity contribution in [2.75, 3.05) is 13.7 Å². The number of hydrogen-bond donors (Lipinski definition) is 2. The fourth-order valence-electron chi connectivity index (χ4n) is 2.21. The van der Waals surface area contributed by atoms with E-state index in [9.17, 15) is 14.0 Å². The number of halogens is 2. The third-order valence-corrected chi connectivity index (χ3v) is 3.61. The van der Waals surface area contributed by atoms with E-state index in [2.05, 4.69) is 12.2 Å². The van der Waals surface area contributed by atoms with Crippen LogP contribution in [-0.4, -0.2) is 31.4 Å². The molecule has 1 rings (SSSR count). The van der Waals surface area contributed by atoms with Crippen LogP contribution in [0.25, 0.3) is 0 Å². The van der Waals surface area contributed by atoms with E-state index in [0.717, 1.165) is 25.3 Å². The molecule has 24 heavy (non-hydrogen) atoms. The molecule has 136 valence electrons. The summed E-state index contributed by atoms with van der Waals surface area (Å²) < 4.78 is 18.4. The Kier molecular flexibility index (Phi) is 11.0. The highest BCUT2D eigenvalue weighted by Crippen LogP contribution is 2.18. The van der Waals surface area contributed by atoms with Gasteiger partial charge >= 0.3 is 0 Å². The number of carbonyl (C=O) groups is 2. The Bertz CT molecular complexity index is 541. The summed E-state index contributed by atoms with van der Waals surface area (Å²) in [4.78, 5) is 23.9. The van der Waals surface area contributed by atoms with Crippen LogP contribution in [-0.2, 0) is 4.79 Å². The van der Waals surface area contributed by atoms with Crippen LogP contribution in [0.4, 0.5) is 4.39 Å². The van der Waals surface area contributed by atoms with E-state index in [4.69, 9.17) is 10.5 Å². The Morgan fingerprint density at radius 2 is 2.04 bits per heavy atom. The Labute approximate surface area is 148 Å². The second kappa shape index (κ2) is 11.8. The first-order valence-corrected chi connectivity index (χ1v) is 7.88. The molecular formula is C17H26ClFN2O3. The summed E-state index contributed by atoms with van der Waals surface area (Å²) in [7, 11) is 1.36. The van der Waals surface area contributed by atoms with E-state index >= 15 is 0 Å². The summed E-state index contributed by atoms with van der Waals surface area (Å²) in [6, 6.07) is 3.96. The zero-order valence-electron chi connectivity index (χ0n) is 14.1. The predicted octanol–water partition coefficient (Wildman–Crippen LogP) is 2.85. The van der Waals surface area contributed by atoms with Crippen molar-refractivity contribution < 1.29 is 18.7 Å². The van der Waals surface area contributed by atoms with E-state index in [1.165, 1.54) is 19.2 Å². The highest BCUT2D eigenvalue weighted by Gasteiger charge is 2.14. The Balaban J connectivity index is 0.00000529. The fourth-order valence-corrected chi connectivity index (χ4v) is 2.21. The summed E-state index contributed by atoms with van der Waals surface area (Å²) in [5.41, 5.74) is 5.85. The van der Waals surface area contributed by atoms with Gasteiger partial charge in [0.05, 0.1) is 7.11 Å². The highest BCUT2D eigenvalue weighted by atomic mass is 35.5. The van der Waals surface area contributed by atoms with Gasteiger partial charge in [0.2, 0.25) is 5.91 Å². The minimum Gasteiger partial charge on any atom is -0.494 e. The lowest BCUT2D eigenvalue weighted by Crippen LogP contribution is -2.40. The van der Waals surface area contributed by atoms with Crippen molar-refractivity contribution >= 4 is 24.1 Å². The van der Waals surface area contributed by atoms with Crippen LogP contribution in [0, 0.1) is 5.82 Å². The van der Waals surface area contributed by atoms with Crippen molar-refractivity contribution in [2.24, 2.45) is 5.73 Å². The first kappa shape index (κ1) is 22.3. The molecule has 0 saturated heterocycles. The van der Waals surface area contributed by atoms with Gasteiger partial charge in [0.15, 0.2) is 17.3 Å². The summed E-state index contributed by atoms with van der Waals surface area (Å²) in [6.07, 6.45) is 2.95. The number of nitrogens with two attached hydrogens (primary N) is 1. The number of methoxy groups -OCH3 is 1. The van der Waals surface area contributed by atoms with Crippen LogP contribution in [0.2, 0.25) is 0 Å². The maximum absolute atomic E-state index is 13.6. The Hall–Kier alpha value is -1.66. The van der Waals surface area contributed by atoms with E-state index in [1.54, 1.807) is 0 Å². The Morgan fingerprint density at radius 1 is 1.33 bits per heavy atom. The fraction of sp³-hybridized carbons (Fsp3) is 0.529.